The van der Waals surface area contributed by atoms with Gasteiger partial charge in [0.25, 0.3) is 0 Å². The van der Waals surface area contributed by atoms with Gasteiger partial charge < -0.3 is 24.3 Å². The molecular weight excluding hydrogens is 613 g/mol. The number of alkyl halides is 6. The molecular formula is C30H31F7N4O4. The van der Waals surface area contributed by atoms with Crippen LogP contribution in [0.1, 0.15) is 28.9 Å². The average Bonchev–Trinajstić information content (AvgIpc) is 3.50. The molecule has 1 aliphatic rings. The second-order valence-corrected chi connectivity index (χ2v) is 10.4. The van der Waals surface area contributed by atoms with Gasteiger partial charge in [-0.05, 0) is 54.4 Å². The molecule has 1 aromatic heterocycles. The molecule has 244 valence electrons. The summed E-state index contributed by atoms with van der Waals surface area (Å²) in [6.07, 6.45) is -8.46. The number of carbonyl (C=O) groups is 2. The molecule has 0 saturated carbocycles. The second-order valence-electron chi connectivity index (χ2n) is 10.4. The Morgan fingerprint density at radius 1 is 0.867 bits per heavy atom. The predicted molar refractivity (Wildman–Crippen MR) is 148 cm³/mol. The van der Waals surface area contributed by atoms with Crippen LogP contribution >= 0.6 is 0 Å². The van der Waals surface area contributed by atoms with E-state index in [4.69, 9.17) is 9.15 Å². The molecule has 0 unspecified atom stereocenters. The number of amides is 3. The third kappa shape index (κ3) is 10.2. The van der Waals surface area contributed by atoms with Crippen molar-refractivity contribution in [1.29, 1.82) is 0 Å². The fourth-order valence-corrected chi connectivity index (χ4v) is 4.69. The van der Waals surface area contributed by atoms with Crippen LogP contribution in [0.15, 0.2) is 65.3 Å². The number of benzene rings is 2. The number of urea groups is 1. The molecule has 2 heterocycles. The number of morpholine rings is 1. The van der Waals surface area contributed by atoms with Crippen LogP contribution in [0.2, 0.25) is 0 Å². The van der Waals surface area contributed by atoms with Gasteiger partial charge in [0, 0.05) is 38.4 Å². The number of hydrogen-bond acceptors (Lipinski definition) is 5. The predicted octanol–water partition coefficient (Wildman–Crippen LogP) is 6.24. The van der Waals surface area contributed by atoms with Gasteiger partial charge in [0.2, 0.25) is 5.91 Å². The highest BCUT2D eigenvalue weighted by Crippen LogP contribution is 2.37. The zero-order chi connectivity index (χ0) is 32.6. The summed E-state index contributed by atoms with van der Waals surface area (Å²) >= 11 is 0. The lowest BCUT2D eigenvalue weighted by Gasteiger charge is -2.30. The van der Waals surface area contributed by atoms with E-state index in [-0.39, 0.29) is 25.7 Å². The number of anilines is 1. The first-order valence-corrected chi connectivity index (χ1v) is 14.0. The van der Waals surface area contributed by atoms with Crippen molar-refractivity contribution in [3.63, 3.8) is 0 Å². The Hall–Kier alpha value is -4.11. The Kier molecular flexibility index (Phi) is 11.1. The number of carbonyl (C=O) groups excluding carboxylic acids is 2. The lowest BCUT2D eigenvalue weighted by atomic mass is 10.1. The maximum Gasteiger partial charge on any atom is 0.416 e. The molecule has 0 bridgehead atoms. The van der Waals surface area contributed by atoms with Crippen molar-refractivity contribution in [3.8, 4) is 0 Å². The lowest BCUT2D eigenvalue weighted by molar-refractivity contribution is -0.143. The molecule has 2 aromatic carbocycles. The Morgan fingerprint density at radius 2 is 1.51 bits per heavy atom. The molecule has 1 saturated heterocycles. The standard InChI is InChI=1S/C30H31F7N4O4/c31-24-6-4-21(5-7-24)18-41(19-26-3-1-12-45-26)27(42)20-40(9-2-8-39-10-13-44-14-11-39)28(43)38-25-16-22(29(32,33)34)15-23(17-25)30(35,36)37/h1,3-7,12,15-17H,2,8-11,13-14,18-20H2,(H,38,43). The number of rotatable bonds is 11. The molecule has 0 spiro atoms. The van der Waals surface area contributed by atoms with E-state index in [1.54, 1.807) is 12.1 Å². The van der Waals surface area contributed by atoms with Crippen LogP contribution < -0.4 is 5.32 Å². The van der Waals surface area contributed by atoms with E-state index >= 15 is 0 Å². The molecule has 3 amide bonds. The minimum absolute atomic E-state index is 0.00558. The van der Waals surface area contributed by atoms with Gasteiger partial charge in [-0.25, -0.2) is 9.18 Å². The molecule has 8 nitrogen and oxygen atoms in total. The minimum Gasteiger partial charge on any atom is -0.467 e. The van der Waals surface area contributed by atoms with Gasteiger partial charge in [0.15, 0.2) is 0 Å². The highest BCUT2D eigenvalue weighted by molar-refractivity contribution is 5.92. The summed E-state index contributed by atoms with van der Waals surface area (Å²) in [5, 5.41) is 2.12. The van der Waals surface area contributed by atoms with Gasteiger partial charge >= 0.3 is 18.4 Å². The number of halogens is 7. The third-order valence-electron chi connectivity index (χ3n) is 7.02. The number of hydrogen-bond donors (Lipinski definition) is 1. The first kappa shape index (κ1) is 33.8. The number of furan rings is 1. The molecule has 1 N–H and O–H groups in total. The zero-order valence-corrected chi connectivity index (χ0v) is 24.0. The van der Waals surface area contributed by atoms with Crippen molar-refractivity contribution >= 4 is 17.6 Å². The van der Waals surface area contributed by atoms with Gasteiger partial charge in [-0.2, -0.15) is 26.3 Å². The summed E-state index contributed by atoms with van der Waals surface area (Å²) in [6.45, 7) is 2.23. The van der Waals surface area contributed by atoms with Crippen molar-refractivity contribution in [1.82, 2.24) is 14.7 Å². The van der Waals surface area contributed by atoms with Crippen LogP contribution in [0.25, 0.3) is 0 Å². The van der Waals surface area contributed by atoms with Crippen LogP contribution in [-0.4, -0.2) is 72.6 Å². The normalized spacial score (nSPS) is 14.3. The van der Waals surface area contributed by atoms with E-state index in [0.717, 1.165) is 4.90 Å². The summed E-state index contributed by atoms with van der Waals surface area (Å²) < 4.78 is 105. The van der Waals surface area contributed by atoms with Gasteiger partial charge in [0.05, 0.1) is 37.1 Å². The van der Waals surface area contributed by atoms with E-state index in [9.17, 15) is 40.3 Å². The van der Waals surface area contributed by atoms with Crippen LogP contribution in [0.4, 0.5) is 41.2 Å². The maximum atomic E-state index is 13.6. The lowest BCUT2D eigenvalue weighted by Crippen LogP contribution is -2.45. The minimum atomic E-state index is -5.11. The van der Waals surface area contributed by atoms with Crippen molar-refractivity contribution in [2.24, 2.45) is 0 Å². The van der Waals surface area contributed by atoms with Crippen LogP contribution in [-0.2, 0) is 35.0 Å². The first-order valence-electron chi connectivity index (χ1n) is 14.0. The van der Waals surface area contributed by atoms with Gasteiger partial charge in [-0.3, -0.25) is 9.69 Å². The van der Waals surface area contributed by atoms with E-state index < -0.39 is 53.5 Å². The molecule has 4 rings (SSSR count). The van der Waals surface area contributed by atoms with E-state index in [2.05, 4.69) is 10.2 Å². The smallest absolute Gasteiger partial charge is 0.416 e. The maximum absolute atomic E-state index is 13.6. The molecule has 1 aliphatic heterocycles. The summed E-state index contributed by atoms with van der Waals surface area (Å²) in [5.74, 6) is -0.649. The Morgan fingerprint density at radius 3 is 2.09 bits per heavy atom. The quantitative estimate of drug-likeness (QED) is 0.250. The second kappa shape index (κ2) is 14.8. The van der Waals surface area contributed by atoms with Crippen molar-refractivity contribution in [2.45, 2.75) is 31.9 Å². The van der Waals surface area contributed by atoms with Crippen LogP contribution in [0, 0.1) is 5.82 Å². The number of ether oxygens (including phenoxy) is 1. The molecule has 15 heteroatoms. The third-order valence-corrected chi connectivity index (χ3v) is 7.02. The van der Waals surface area contributed by atoms with Crippen molar-refractivity contribution in [3.05, 3.63) is 89.1 Å². The van der Waals surface area contributed by atoms with E-state index in [1.165, 1.54) is 35.4 Å². The summed E-state index contributed by atoms with van der Waals surface area (Å²) in [5.41, 5.74) is -3.34. The zero-order valence-electron chi connectivity index (χ0n) is 24.0. The molecule has 0 aliphatic carbocycles. The summed E-state index contributed by atoms with van der Waals surface area (Å²) in [4.78, 5) is 31.4. The monoisotopic (exact) mass is 644 g/mol. The summed E-state index contributed by atoms with van der Waals surface area (Å²) in [7, 11) is 0. The average molecular weight is 645 g/mol. The van der Waals surface area contributed by atoms with Gasteiger partial charge in [-0.15, -0.1) is 0 Å². The molecule has 0 atom stereocenters. The molecule has 0 radical (unpaired) electrons. The Labute approximate surface area is 254 Å². The Balaban J connectivity index is 1.56. The van der Waals surface area contributed by atoms with Crippen LogP contribution in [0.3, 0.4) is 0 Å². The SMILES string of the molecule is O=C(CN(CCCN1CCOCC1)C(=O)Nc1cc(C(F)(F)F)cc(C(F)(F)F)c1)N(Cc1ccc(F)cc1)Cc1ccco1. The molecule has 3 aromatic rings. The first-order chi connectivity index (χ1) is 21.3. The van der Waals surface area contributed by atoms with E-state index in [0.29, 0.717) is 62.7 Å². The highest BCUT2D eigenvalue weighted by atomic mass is 19.4. The number of nitrogens with one attached hydrogen (secondary N) is 1. The fraction of sp³-hybridized carbons (Fsp3) is 0.400. The van der Waals surface area contributed by atoms with Gasteiger partial charge in [-0.1, -0.05) is 12.1 Å². The Bertz CT molecular complexity index is 1370. The largest absolute Gasteiger partial charge is 0.467 e. The fourth-order valence-electron chi connectivity index (χ4n) is 4.69. The van der Waals surface area contributed by atoms with Gasteiger partial charge in [0.1, 0.15) is 18.1 Å². The van der Waals surface area contributed by atoms with E-state index in [1.807, 2.05) is 0 Å². The molecule has 1 fully saturated rings. The summed E-state index contributed by atoms with van der Waals surface area (Å²) in [6, 6.07) is 8.36. The van der Waals surface area contributed by atoms with Crippen molar-refractivity contribution in [2.75, 3.05) is 51.3 Å². The number of nitrogens with zero attached hydrogens (tertiary/aromatic N) is 3. The van der Waals surface area contributed by atoms with Crippen molar-refractivity contribution < 1.29 is 49.5 Å². The van der Waals surface area contributed by atoms with Crippen LogP contribution in [0.5, 0.6) is 0 Å². The molecule has 45 heavy (non-hydrogen) atoms. The highest BCUT2D eigenvalue weighted by Gasteiger charge is 2.37. The topological polar surface area (TPSA) is 78.3 Å².